The second-order valence-electron chi connectivity index (χ2n) is 2.67. The summed E-state index contributed by atoms with van der Waals surface area (Å²) in [6.07, 6.45) is 0.809. The number of methoxy groups -OCH3 is 1. The van der Waals surface area contributed by atoms with Gasteiger partial charge >= 0.3 is 5.97 Å². The number of aromatic nitrogens is 1. The third-order valence-corrected chi connectivity index (χ3v) is 1.54. The molecular formula is C9H9FN2O3. The fourth-order valence-electron chi connectivity index (χ4n) is 0.889. The van der Waals surface area contributed by atoms with Gasteiger partial charge in [0.15, 0.2) is 0 Å². The highest BCUT2D eigenvalue weighted by molar-refractivity contribution is 6.01. The highest BCUT2D eigenvalue weighted by atomic mass is 19.1. The van der Waals surface area contributed by atoms with Gasteiger partial charge in [-0.1, -0.05) is 0 Å². The Bertz CT molecular complexity index is 381. The molecule has 0 fully saturated rings. The lowest BCUT2D eigenvalue weighted by Gasteiger charge is -2.03. The fourth-order valence-corrected chi connectivity index (χ4v) is 0.889. The first-order valence-corrected chi connectivity index (χ1v) is 4.10. The van der Waals surface area contributed by atoms with E-state index < -0.39 is 24.2 Å². The van der Waals surface area contributed by atoms with E-state index in [4.69, 9.17) is 0 Å². The SMILES string of the molecule is COC(=O)CC(=O)Nc1ccnc(F)c1. The molecular weight excluding hydrogens is 203 g/mol. The molecule has 0 aromatic carbocycles. The zero-order chi connectivity index (χ0) is 11.3. The van der Waals surface area contributed by atoms with E-state index >= 15 is 0 Å². The number of hydrogen-bond acceptors (Lipinski definition) is 4. The number of nitrogens with one attached hydrogen (secondary N) is 1. The van der Waals surface area contributed by atoms with Gasteiger partial charge in [-0.2, -0.15) is 4.39 Å². The number of nitrogens with zero attached hydrogens (tertiary/aromatic N) is 1. The molecule has 0 atom stereocenters. The van der Waals surface area contributed by atoms with Crippen LogP contribution in [0.1, 0.15) is 6.42 Å². The van der Waals surface area contributed by atoms with Crippen molar-refractivity contribution in [1.29, 1.82) is 0 Å². The molecule has 5 nitrogen and oxygen atoms in total. The second kappa shape index (κ2) is 5.04. The van der Waals surface area contributed by atoms with Crippen molar-refractivity contribution in [1.82, 2.24) is 4.98 Å². The maximum atomic E-state index is 12.6. The number of esters is 1. The molecule has 0 saturated carbocycles. The average molecular weight is 212 g/mol. The highest BCUT2D eigenvalue weighted by Gasteiger charge is 2.09. The van der Waals surface area contributed by atoms with Crippen LogP contribution in [0.5, 0.6) is 0 Å². The molecule has 0 saturated heterocycles. The summed E-state index contributed by atoms with van der Waals surface area (Å²) in [4.78, 5) is 25.2. The van der Waals surface area contributed by atoms with E-state index in [9.17, 15) is 14.0 Å². The summed E-state index contributed by atoms with van der Waals surface area (Å²) < 4.78 is 16.9. The molecule has 0 unspecified atom stereocenters. The molecule has 15 heavy (non-hydrogen) atoms. The number of halogens is 1. The van der Waals surface area contributed by atoms with Crippen LogP contribution in [0.4, 0.5) is 10.1 Å². The van der Waals surface area contributed by atoms with E-state index in [2.05, 4.69) is 15.0 Å². The summed E-state index contributed by atoms with van der Waals surface area (Å²) in [5.74, 6) is -1.92. The van der Waals surface area contributed by atoms with Crippen LogP contribution in [0, 0.1) is 5.95 Å². The normalized spacial score (nSPS) is 9.47. The summed E-state index contributed by atoms with van der Waals surface area (Å²) in [6, 6.07) is 2.47. The minimum atomic E-state index is -0.703. The first-order valence-electron chi connectivity index (χ1n) is 4.10. The van der Waals surface area contributed by atoms with Gasteiger partial charge in [0.2, 0.25) is 11.9 Å². The van der Waals surface area contributed by atoms with E-state index in [1.165, 1.54) is 19.4 Å². The molecule has 0 radical (unpaired) electrons. The third kappa shape index (κ3) is 3.72. The number of pyridine rings is 1. The molecule has 1 aromatic rings. The molecule has 1 heterocycles. The molecule has 1 aromatic heterocycles. The zero-order valence-corrected chi connectivity index (χ0v) is 7.99. The van der Waals surface area contributed by atoms with E-state index in [0.29, 0.717) is 0 Å². The summed E-state index contributed by atoms with van der Waals surface area (Å²) in [5.41, 5.74) is 0.247. The van der Waals surface area contributed by atoms with Crippen molar-refractivity contribution in [3.8, 4) is 0 Å². The third-order valence-electron chi connectivity index (χ3n) is 1.54. The van der Waals surface area contributed by atoms with Crippen molar-refractivity contribution in [2.24, 2.45) is 0 Å². The van der Waals surface area contributed by atoms with Gasteiger partial charge in [0, 0.05) is 18.0 Å². The number of hydrogen-bond donors (Lipinski definition) is 1. The molecule has 0 spiro atoms. The van der Waals surface area contributed by atoms with Gasteiger partial charge in [0.25, 0.3) is 0 Å². The molecule has 0 aliphatic rings. The second-order valence-corrected chi connectivity index (χ2v) is 2.67. The van der Waals surface area contributed by atoms with Crippen LogP contribution in [-0.4, -0.2) is 24.0 Å². The Morgan fingerprint density at radius 3 is 2.93 bits per heavy atom. The van der Waals surface area contributed by atoms with Gasteiger partial charge in [-0.05, 0) is 6.07 Å². The van der Waals surface area contributed by atoms with Crippen molar-refractivity contribution >= 4 is 17.6 Å². The van der Waals surface area contributed by atoms with Crippen molar-refractivity contribution in [2.75, 3.05) is 12.4 Å². The lowest BCUT2D eigenvalue weighted by molar-refractivity contribution is -0.142. The van der Waals surface area contributed by atoms with Crippen LogP contribution in [0.25, 0.3) is 0 Å². The highest BCUT2D eigenvalue weighted by Crippen LogP contribution is 2.06. The van der Waals surface area contributed by atoms with Crippen molar-refractivity contribution in [3.05, 3.63) is 24.3 Å². The first kappa shape index (κ1) is 11.1. The largest absolute Gasteiger partial charge is 0.469 e. The van der Waals surface area contributed by atoms with Crippen molar-refractivity contribution in [3.63, 3.8) is 0 Å². The Kier molecular flexibility index (Phi) is 3.73. The summed E-state index contributed by atoms with van der Waals surface area (Å²) in [7, 11) is 1.18. The number of carbonyl (C=O) groups is 2. The topological polar surface area (TPSA) is 68.3 Å². The van der Waals surface area contributed by atoms with Crippen LogP contribution in [0.2, 0.25) is 0 Å². The van der Waals surface area contributed by atoms with E-state index in [1.807, 2.05) is 0 Å². The predicted molar refractivity (Wildman–Crippen MR) is 49.5 cm³/mol. The zero-order valence-electron chi connectivity index (χ0n) is 7.99. The van der Waals surface area contributed by atoms with Crippen LogP contribution in [-0.2, 0) is 14.3 Å². The first-order chi connectivity index (χ1) is 7.11. The van der Waals surface area contributed by atoms with Gasteiger partial charge in [-0.3, -0.25) is 9.59 Å². The number of anilines is 1. The van der Waals surface area contributed by atoms with Gasteiger partial charge in [-0.25, -0.2) is 4.98 Å². The lowest BCUT2D eigenvalue weighted by Crippen LogP contribution is -2.17. The summed E-state index contributed by atoms with van der Waals surface area (Å²) in [6.45, 7) is 0. The molecule has 1 amide bonds. The predicted octanol–water partition coefficient (Wildman–Crippen LogP) is 0.722. The van der Waals surface area contributed by atoms with Gasteiger partial charge in [0.05, 0.1) is 7.11 Å². The maximum Gasteiger partial charge on any atom is 0.315 e. The fraction of sp³-hybridized carbons (Fsp3) is 0.222. The molecule has 6 heteroatoms. The van der Waals surface area contributed by atoms with Crippen LogP contribution < -0.4 is 5.32 Å². The molecule has 1 rings (SSSR count). The van der Waals surface area contributed by atoms with Gasteiger partial charge in [-0.15, -0.1) is 0 Å². The van der Waals surface area contributed by atoms with Gasteiger partial charge in [0.1, 0.15) is 6.42 Å². The molecule has 0 aliphatic carbocycles. The number of ether oxygens (including phenoxy) is 1. The summed E-state index contributed by atoms with van der Waals surface area (Å²) >= 11 is 0. The smallest absolute Gasteiger partial charge is 0.315 e. The monoisotopic (exact) mass is 212 g/mol. The number of amides is 1. The average Bonchev–Trinajstić information content (AvgIpc) is 2.17. The minimum Gasteiger partial charge on any atom is -0.469 e. The van der Waals surface area contributed by atoms with Gasteiger partial charge < -0.3 is 10.1 Å². The van der Waals surface area contributed by atoms with Crippen LogP contribution in [0.3, 0.4) is 0 Å². The maximum absolute atomic E-state index is 12.6. The Morgan fingerprint density at radius 1 is 1.60 bits per heavy atom. The summed E-state index contributed by atoms with van der Waals surface area (Å²) in [5, 5.41) is 2.33. The Balaban J connectivity index is 2.55. The van der Waals surface area contributed by atoms with Crippen molar-refractivity contribution in [2.45, 2.75) is 6.42 Å². The minimum absolute atomic E-state index is 0.247. The Morgan fingerprint density at radius 2 is 2.33 bits per heavy atom. The lowest BCUT2D eigenvalue weighted by atomic mass is 10.3. The van der Waals surface area contributed by atoms with Crippen LogP contribution >= 0.6 is 0 Å². The molecule has 1 N–H and O–H groups in total. The standard InChI is InChI=1S/C9H9FN2O3/c1-15-9(14)5-8(13)12-6-2-3-11-7(10)4-6/h2-4H,5H2,1H3,(H,11,12,13). The quantitative estimate of drug-likeness (QED) is 0.455. The van der Waals surface area contributed by atoms with E-state index in [1.54, 1.807) is 0 Å². The van der Waals surface area contributed by atoms with Crippen LogP contribution in [0.15, 0.2) is 18.3 Å². The number of carbonyl (C=O) groups excluding carboxylic acids is 2. The Hall–Kier alpha value is -1.98. The molecule has 0 bridgehead atoms. The van der Waals surface area contributed by atoms with E-state index in [-0.39, 0.29) is 5.69 Å². The molecule has 0 aliphatic heterocycles. The molecule has 80 valence electrons. The van der Waals surface area contributed by atoms with Crippen molar-refractivity contribution < 1.29 is 18.7 Å². The Labute approximate surface area is 85.3 Å². The van der Waals surface area contributed by atoms with E-state index in [0.717, 1.165) is 6.07 Å². The number of rotatable bonds is 3.